The first-order valence-electron chi connectivity index (χ1n) is 8.50. The fourth-order valence-corrected chi connectivity index (χ4v) is 3.44. The Kier molecular flexibility index (Phi) is 3.99. The molecule has 0 saturated carbocycles. The Morgan fingerprint density at radius 2 is 1.81 bits per heavy atom. The maximum absolute atomic E-state index is 15.0. The van der Waals surface area contributed by atoms with Crippen LogP contribution in [0, 0.1) is 11.6 Å². The molecule has 0 unspecified atom stereocenters. The molecule has 0 spiro atoms. The molecule has 0 amide bonds. The summed E-state index contributed by atoms with van der Waals surface area (Å²) >= 11 is 0. The fourth-order valence-electron chi connectivity index (χ4n) is 3.44. The third kappa shape index (κ3) is 2.31. The van der Waals surface area contributed by atoms with Crippen molar-refractivity contribution in [2.75, 3.05) is 0 Å². The third-order valence-electron chi connectivity index (χ3n) is 4.62. The number of aromatic nitrogens is 5. The Morgan fingerprint density at radius 3 is 2.42 bits per heavy atom. The van der Waals surface area contributed by atoms with E-state index in [0.29, 0.717) is 41.0 Å². The zero-order chi connectivity index (χ0) is 18.3. The normalized spacial score (nSPS) is 11.4. The zero-order valence-electron chi connectivity index (χ0n) is 14.4. The second-order valence-electron chi connectivity index (χ2n) is 6.00. The molecule has 0 aliphatic heterocycles. The number of H-pyrrole nitrogens is 1. The Hall–Kier alpha value is -3.09. The van der Waals surface area contributed by atoms with Crippen LogP contribution in [0.3, 0.4) is 0 Å². The summed E-state index contributed by atoms with van der Waals surface area (Å²) in [6.07, 6.45) is 0.902. The first kappa shape index (κ1) is 16.4. The predicted octanol–water partition coefficient (Wildman–Crippen LogP) is 4.21. The minimum Gasteiger partial charge on any atom is -0.306 e. The van der Waals surface area contributed by atoms with Crippen LogP contribution in [-0.4, -0.2) is 25.2 Å². The summed E-state index contributed by atoms with van der Waals surface area (Å²) in [5.74, 6) is -1.27. The van der Waals surface area contributed by atoms with Gasteiger partial charge in [0.25, 0.3) is 0 Å². The number of halogens is 2. The number of fused-ring (bicyclic) bond motifs is 1. The Bertz CT molecular complexity index is 1070. The van der Waals surface area contributed by atoms with Gasteiger partial charge in [-0.05, 0) is 47.4 Å². The van der Waals surface area contributed by atoms with E-state index in [1.807, 2.05) is 41.8 Å². The van der Waals surface area contributed by atoms with Crippen molar-refractivity contribution in [2.24, 2.45) is 0 Å². The van der Waals surface area contributed by atoms with Gasteiger partial charge in [-0.1, -0.05) is 32.0 Å². The van der Waals surface area contributed by atoms with Crippen LogP contribution in [0.25, 0.3) is 28.1 Å². The number of rotatable bonds is 4. The summed E-state index contributed by atoms with van der Waals surface area (Å²) in [6, 6.07) is 11.2. The van der Waals surface area contributed by atoms with Crippen molar-refractivity contribution in [3.05, 3.63) is 59.2 Å². The molecule has 2 aromatic heterocycles. The van der Waals surface area contributed by atoms with Crippen molar-refractivity contribution in [1.29, 1.82) is 0 Å². The lowest BCUT2D eigenvalue weighted by Crippen LogP contribution is -2.00. The largest absolute Gasteiger partial charge is 0.306 e. The van der Waals surface area contributed by atoms with Crippen molar-refractivity contribution < 1.29 is 8.78 Å². The number of hydrogen-bond donors (Lipinski definition) is 1. The summed E-state index contributed by atoms with van der Waals surface area (Å²) in [5.41, 5.74) is 3.04. The number of hydrogen-bond acceptors (Lipinski definition) is 3. The van der Waals surface area contributed by atoms with Gasteiger partial charge in [-0.3, -0.25) is 0 Å². The molecule has 26 heavy (non-hydrogen) atoms. The second-order valence-corrected chi connectivity index (χ2v) is 6.00. The van der Waals surface area contributed by atoms with Gasteiger partial charge in [0.1, 0.15) is 0 Å². The predicted molar refractivity (Wildman–Crippen MR) is 95.1 cm³/mol. The lowest BCUT2D eigenvalue weighted by Gasteiger charge is -2.10. The molecule has 1 N–H and O–H groups in total. The number of para-hydroxylation sites is 1. The van der Waals surface area contributed by atoms with E-state index in [-0.39, 0.29) is 5.39 Å². The number of nitrogens with one attached hydrogen (secondary N) is 1. The van der Waals surface area contributed by atoms with E-state index in [0.717, 1.165) is 5.69 Å². The van der Waals surface area contributed by atoms with E-state index in [1.165, 1.54) is 0 Å². The van der Waals surface area contributed by atoms with Crippen LogP contribution in [0.15, 0.2) is 36.4 Å². The van der Waals surface area contributed by atoms with Crippen LogP contribution in [0.2, 0.25) is 0 Å². The van der Waals surface area contributed by atoms with Crippen molar-refractivity contribution in [1.82, 2.24) is 25.2 Å². The average molecular weight is 353 g/mol. The molecule has 0 aliphatic rings. The molecule has 132 valence electrons. The molecule has 0 radical (unpaired) electrons. The number of benzene rings is 2. The minimum absolute atomic E-state index is 0.269. The van der Waals surface area contributed by atoms with Gasteiger partial charge in [0.05, 0.1) is 11.2 Å². The van der Waals surface area contributed by atoms with Gasteiger partial charge in [-0.25, -0.2) is 8.78 Å². The highest BCUT2D eigenvalue weighted by atomic mass is 19.2. The van der Waals surface area contributed by atoms with Gasteiger partial charge in [-0.15, -0.1) is 10.2 Å². The van der Waals surface area contributed by atoms with Gasteiger partial charge in [-0.2, -0.15) is 5.21 Å². The Morgan fingerprint density at radius 1 is 1.04 bits per heavy atom. The van der Waals surface area contributed by atoms with E-state index >= 15 is 0 Å². The highest BCUT2D eigenvalue weighted by Gasteiger charge is 2.26. The fraction of sp³-hybridized carbons (Fsp3) is 0.211. The van der Waals surface area contributed by atoms with Crippen molar-refractivity contribution in [2.45, 2.75) is 26.7 Å². The maximum atomic E-state index is 15.0. The molecular formula is C19H17F2N5. The molecule has 0 saturated heterocycles. The molecule has 0 aliphatic carbocycles. The van der Waals surface area contributed by atoms with Gasteiger partial charge < -0.3 is 4.57 Å². The monoisotopic (exact) mass is 353 g/mol. The quantitative estimate of drug-likeness (QED) is 0.598. The molecular weight excluding hydrogens is 336 g/mol. The number of tetrazole rings is 1. The van der Waals surface area contributed by atoms with Crippen LogP contribution in [0.4, 0.5) is 8.78 Å². The summed E-state index contributed by atoms with van der Waals surface area (Å²) in [6.45, 7) is 3.71. The summed E-state index contributed by atoms with van der Waals surface area (Å²) in [7, 11) is 0. The average Bonchev–Trinajstić information content (AvgIpc) is 3.30. The van der Waals surface area contributed by atoms with E-state index in [9.17, 15) is 8.78 Å². The number of aromatic amines is 1. The second kappa shape index (κ2) is 6.33. The van der Waals surface area contributed by atoms with Crippen LogP contribution < -0.4 is 0 Å². The van der Waals surface area contributed by atoms with Gasteiger partial charge in [0.15, 0.2) is 11.6 Å². The highest BCUT2D eigenvalue weighted by molar-refractivity contribution is 5.93. The molecule has 2 heterocycles. The van der Waals surface area contributed by atoms with Gasteiger partial charge in [0.2, 0.25) is 5.82 Å². The van der Waals surface area contributed by atoms with Gasteiger partial charge in [0, 0.05) is 11.1 Å². The number of aryl methyl sites for hydroxylation is 2. The summed E-state index contributed by atoms with van der Waals surface area (Å²) < 4.78 is 31.4. The van der Waals surface area contributed by atoms with Crippen molar-refractivity contribution in [3.8, 4) is 17.2 Å². The van der Waals surface area contributed by atoms with E-state index in [1.54, 1.807) is 13.0 Å². The third-order valence-corrected chi connectivity index (χ3v) is 4.62. The lowest BCUT2D eigenvalue weighted by molar-refractivity contribution is 0.507. The Balaban J connectivity index is 2.22. The molecule has 4 aromatic rings. The molecule has 0 bridgehead atoms. The highest BCUT2D eigenvalue weighted by Crippen LogP contribution is 2.38. The van der Waals surface area contributed by atoms with Crippen molar-refractivity contribution in [3.63, 3.8) is 0 Å². The maximum Gasteiger partial charge on any atom is 0.221 e. The van der Waals surface area contributed by atoms with Crippen LogP contribution in [0.1, 0.15) is 25.0 Å². The molecule has 5 nitrogen and oxygen atoms in total. The van der Waals surface area contributed by atoms with Crippen molar-refractivity contribution >= 4 is 10.9 Å². The summed E-state index contributed by atoms with van der Waals surface area (Å²) in [4.78, 5) is 0. The van der Waals surface area contributed by atoms with Gasteiger partial charge >= 0.3 is 0 Å². The molecule has 0 atom stereocenters. The zero-order valence-corrected chi connectivity index (χ0v) is 14.4. The molecule has 2 aromatic carbocycles. The summed E-state index contributed by atoms with van der Waals surface area (Å²) in [5, 5.41) is 14.5. The van der Waals surface area contributed by atoms with Crippen LogP contribution >= 0.6 is 0 Å². The molecule has 7 heteroatoms. The smallest absolute Gasteiger partial charge is 0.221 e. The topological polar surface area (TPSA) is 59.4 Å². The standard InChI is InChI=1S/C19H17F2N5/c1-3-11-10-14-15(17(21)16(11)20)13(4-2)18(19-22-24-25-23-19)26(14)12-8-6-5-7-9-12/h5-10H,3-4H2,1-2H3,(H,22,23,24,25). The van der Waals surface area contributed by atoms with E-state index in [4.69, 9.17) is 0 Å². The first-order chi connectivity index (χ1) is 12.7. The lowest BCUT2D eigenvalue weighted by atomic mass is 10.0. The SMILES string of the molecule is CCc1cc2c(c(F)c1F)c(CC)c(-c1nn[nH]n1)n2-c1ccccc1. The van der Waals surface area contributed by atoms with Crippen LogP contribution in [-0.2, 0) is 12.8 Å². The number of nitrogens with zero attached hydrogens (tertiary/aromatic N) is 4. The molecule has 0 fully saturated rings. The van der Waals surface area contributed by atoms with E-state index < -0.39 is 11.6 Å². The van der Waals surface area contributed by atoms with E-state index in [2.05, 4.69) is 20.6 Å². The first-order valence-corrected chi connectivity index (χ1v) is 8.50. The van der Waals surface area contributed by atoms with Crippen LogP contribution in [0.5, 0.6) is 0 Å². The molecule has 4 rings (SSSR count). The Labute approximate surface area is 148 Å². The minimum atomic E-state index is -0.823.